The first-order valence-corrected chi connectivity index (χ1v) is 21.7. The van der Waals surface area contributed by atoms with Gasteiger partial charge in [-0.05, 0) is 47.5 Å². The van der Waals surface area contributed by atoms with Crippen molar-refractivity contribution >= 4 is 75.4 Å². The molecule has 0 unspecified atom stereocenters. The highest BCUT2D eigenvalue weighted by atomic mass is 32.1. The lowest BCUT2D eigenvalue weighted by Crippen LogP contribution is -2.06. The average molecular weight is 825 g/mol. The van der Waals surface area contributed by atoms with Gasteiger partial charge in [0.1, 0.15) is 16.8 Å². The van der Waals surface area contributed by atoms with E-state index in [1.54, 1.807) is 11.3 Å². The van der Waals surface area contributed by atoms with Crippen LogP contribution in [0.1, 0.15) is 0 Å². The fraction of sp³-hybridized carbons (Fsp3) is 0. The van der Waals surface area contributed by atoms with Gasteiger partial charge in [-0.1, -0.05) is 158 Å². The van der Waals surface area contributed by atoms with Gasteiger partial charge in [-0.2, -0.15) is 9.97 Å². The van der Waals surface area contributed by atoms with Crippen molar-refractivity contribution in [1.82, 2.24) is 29.5 Å². The minimum Gasteiger partial charge on any atom is -0.452 e. The van der Waals surface area contributed by atoms with E-state index in [2.05, 4.69) is 132 Å². The van der Waals surface area contributed by atoms with Crippen LogP contribution in [0, 0.1) is 0 Å². The summed E-state index contributed by atoms with van der Waals surface area (Å²) in [7, 11) is 0. The molecule has 0 aliphatic carbocycles. The predicted octanol–water partition coefficient (Wildman–Crippen LogP) is 14.4. The van der Waals surface area contributed by atoms with Crippen molar-refractivity contribution < 1.29 is 4.42 Å². The molecule has 0 fully saturated rings. The molecule has 0 saturated heterocycles. The Morgan fingerprint density at radius 1 is 0.397 bits per heavy atom. The molecule has 0 bridgehead atoms. The third kappa shape index (κ3) is 5.69. The Hall–Kier alpha value is -8.33. The highest BCUT2D eigenvalue weighted by Crippen LogP contribution is 2.43. The van der Waals surface area contributed by atoms with Crippen LogP contribution < -0.4 is 0 Å². The fourth-order valence-corrected chi connectivity index (χ4v) is 10.2. The van der Waals surface area contributed by atoms with Crippen LogP contribution in [0.2, 0.25) is 0 Å². The standard InChI is InChI=1S/C55H32N6OS/c1-4-16-33(17-5-1)37-24-14-27-43-47(37)38-22-10-12-26-42(38)61(43)55-59-52(35-20-8-3-9-21-35)58-53(60-55)36-30-31-40-46(32-36)63-45-29-15-25-41(48(40)45)54-56-49(34-18-6-2-7-19-34)51-50(57-54)39-23-11-13-28-44(39)62-51/h1-32H. The maximum atomic E-state index is 6.42. The van der Waals surface area contributed by atoms with Gasteiger partial charge in [0.15, 0.2) is 23.1 Å². The van der Waals surface area contributed by atoms with Crippen LogP contribution in [0.25, 0.3) is 127 Å². The maximum Gasteiger partial charge on any atom is 0.238 e. The fourth-order valence-electron chi connectivity index (χ4n) is 9.06. The molecule has 0 N–H and O–H groups in total. The second-order valence-corrected chi connectivity index (χ2v) is 16.7. The summed E-state index contributed by atoms with van der Waals surface area (Å²) in [4.78, 5) is 26.1. The van der Waals surface area contributed by atoms with Crippen molar-refractivity contribution in [3.8, 4) is 62.5 Å². The number of nitrogens with zero attached hydrogens (tertiary/aromatic N) is 6. The molecule has 0 saturated carbocycles. The molecule has 0 radical (unpaired) electrons. The van der Waals surface area contributed by atoms with Gasteiger partial charge in [-0.3, -0.25) is 4.57 Å². The summed E-state index contributed by atoms with van der Waals surface area (Å²) < 4.78 is 10.9. The summed E-state index contributed by atoms with van der Waals surface area (Å²) in [5, 5.41) is 5.48. The summed E-state index contributed by atoms with van der Waals surface area (Å²) in [5.74, 6) is 2.41. The zero-order chi connectivity index (χ0) is 41.4. The highest BCUT2D eigenvalue weighted by molar-refractivity contribution is 7.26. The zero-order valence-electron chi connectivity index (χ0n) is 33.5. The number of hydrogen-bond acceptors (Lipinski definition) is 7. The SMILES string of the molecule is c1ccc(-c2nc(-c3ccc4c(c3)sc3cccc(-c5nc(-c6ccccc6)c6oc7ccccc7c6n5)c34)nc(-n3c4ccccc4c4c(-c5ccccc5)cccc43)n2)cc1. The van der Waals surface area contributed by atoms with Crippen molar-refractivity contribution in [2.45, 2.75) is 0 Å². The van der Waals surface area contributed by atoms with Crippen LogP contribution in [0.4, 0.5) is 0 Å². The van der Waals surface area contributed by atoms with Crippen molar-refractivity contribution in [3.63, 3.8) is 0 Å². The molecule has 0 spiro atoms. The van der Waals surface area contributed by atoms with Gasteiger partial charge in [0.05, 0.1) is 11.0 Å². The Bertz CT molecular complexity index is 3910. The number of hydrogen-bond donors (Lipinski definition) is 0. The van der Waals surface area contributed by atoms with Gasteiger partial charge in [-0.15, -0.1) is 11.3 Å². The minimum atomic E-state index is 0.558. The summed E-state index contributed by atoms with van der Waals surface area (Å²) >= 11 is 1.74. The monoisotopic (exact) mass is 824 g/mol. The molecule has 7 nitrogen and oxygen atoms in total. The van der Waals surface area contributed by atoms with E-state index in [1.165, 1.54) is 0 Å². The van der Waals surface area contributed by atoms with Gasteiger partial charge in [0.25, 0.3) is 0 Å². The number of para-hydroxylation sites is 2. The van der Waals surface area contributed by atoms with Gasteiger partial charge >= 0.3 is 0 Å². The molecule has 13 aromatic rings. The topological polar surface area (TPSA) is 82.5 Å². The van der Waals surface area contributed by atoms with Gasteiger partial charge in [-0.25, -0.2) is 15.0 Å². The Kier molecular flexibility index (Phi) is 7.94. The lowest BCUT2D eigenvalue weighted by Gasteiger charge is -2.11. The molecule has 0 amide bonds. The molecule has 8 heteroatoms. The lowest BCUT2D eigenvalue weighted by molar-refractivity contribution is 0.667. The first-order chi connectivity index (χ1) is 31.2. The number of fused-ring (bicyclic) bond motifs is 9. The van der Waals surface area contributed by atoms with Crippen molar-refractivity contribution in [2.75, 3.05) is 0 Å². The van der Waals surface area contributed by atoms with Crippen LogP contribution in [-0.2, 0) is 0 Å². The molecule has 5 aromatic heterocycles. The van der Waals surface area contributed by atoms with E-state index in [4.69, 9.17) is 29.3 Å². The van der Waals surface area contributed by atoms with E-state index in [-0.39, 0.29) is 0 Å². The van der Waals surface area contributed by atoms with E-state index in [0.29, 0.717) is 29.0 Å². The largest absolute Gasteiger partial charge is 0.452 e. The smallest absolute Gasteiger partial charge is 0.238 e. The quantitative estimate of drug-likeness (QED) is 0.166. The van der Waals surface area contributed by atoms with E-state index < -0.39 is 0 Å². The number of benzene rings is 8. The lowest BCUT2D eigenvalue weighted by atomic mass is 9.99. The van der Waals surface area contributed by atoms with Gasteiger partial charge in [0, 0.05) is 58.6 Å². The van der Waals surface area contributed by atoms with E-state index >= 15 is 0 Å². The summed E-state index contributed by atoms with van der Waals surface area (Å²) in [6.45, 7) is 0. The van der Waals surface area contributed by atoms with E-state index in [0.717, 1.165) is 97.5 Å². The van der Waals surface area contributed by atoms with Crippen LogP contribution in [0.5, 0.6) is 0 Å². The summed E-state index contributed by atoms with van der Waals surface area (Å²) in [5.41, 5.74) is 11.2. The second-order valence-electron chi connectivity index (χ2n) is 15.6. The molecule has 0 aliphatic heterocycles. The average Bonchev–Trinajstić information content (AvgIpc) is 4.04. The summed E-state index contributed by atoms with van der Waals surface area (Å²) in [6, 6.07) is 66.9. The van der Waals surface area contributed by atoms with Crippen LogP contribution in [0.15, 0.2) is 199 Å². The van der Waals surface area contributed by atoms with Crippen molar-refractivity contribution in [2.24, 2.45) is 0 Å². The molecular weight excluding hydrogens is 793 g/mol. The van der Waals surface area contributed by atoms with Gasteiger partial charge < -0.3 is 4.42 Å². The first-order valence-electron chi connectivity index (χ1n) is 20.8. The Morgan fingerprint density at radius 3 is 1.86 bits per heavy atom. The zero-order valence-corrected chi connectivity index (χ0v) is 34.3. The van der Waals surface area contributed by atoms with Crippen molar-refractivity contribution in [3.05, 3.63) is 194 Å². The molecule has 0 aliphatic rings. The third-order valence-electron chi connectivity index (χ3n) is 11.9. The van der Waals surface area contributed by atoms with E-state index in [1.807, 2.05) is 66.7 Å². The predicted molar refractivity (Wildman–Crippen MR) is 257 cm³/mol. The molecule has 5 heterocycles. The molecule has 13 rings (SSSR count). The highest BCUT2D eigenvalue weighted by Gasteiger charge is 2.23. The Balaban J connectivity index is 1.01. The molecule has 63 heavy (non-hydrogen) atoms. The summed E-state index contributed by atoms with van der Waals surface area (Å²) in [6.07, 6.45) is 0. The third-order valence-corrected chi connectivity index (χ3v) is 13.0. The van der Waals surface area contributed by atoms with Crippen LogP contribution >= 0.6 is 11.3 Å². The Morgan fingerprint density at radius 2 is 1.05 bits per heavy atom. The number of furan rings is 1. The molecule has 294 valence electrons. The second kappa shape index (κ2) is 14.1. The minimum absolute atomic E-state index is 0.558. The van der Waals surface area contributed by atoms with E-state index in [9.17, 15) is 0 Å². The molecule has 0 atom stereocenters. The molecule has 8 aromatic carbocycles. The Labute approximate surface area is 364 Å². The van der Waals surface area contributed by atoms with Crippen LogP contribution in [0.3, 0.4) is 0 Å². The van der Waals surface area contributed by atoms with Crippen molar-refractivity contribution in [1.29, 1.82) is 0 Å². The molecular formula is C55H32N6OS. The number of aromatic nitrogens is 6. The number of rotatable bonds is 6. The first kappa shape index (κ1) is 35.4. The van der Waals surface area contributed by atoms with Gasteiger partial charge in [0.2, 0.25) is 5.95 Å². The van der Waals surface area contributed by atoms with Crippen LogP contribution in [-0.4, -0.2) is 29.5 Å². The maximum absolute atomic E-state index is 6.42. The number of thiophene rings is 1. The normalized spacial score (nSPS) is 11.8.